The van der Waals surface area contributed by atoms with Crippen LogP contribution in [0.25, 0.3) is 0 Å². The van der Waals surface area contributed by atoms with Crippen molar-refractivity contribution in [1.82, 2.24) is 4.57 Å². The molecular formula is C9H14N2O2. The molecule has 1 rings (SSSR count). The Morgan fingerprint density at radius 2 is 2.23 bits per heavy atom. The van der Waals surface area contributed by atoms with E-state index >= 15 is 0 Å². The average molecular weight is 182 g/mol. The molecule has 0 aliphatic heterocycles. The lowest BCUT2D eigenvalue weighted by atomic mass is 10.2. The largest absolute Gasteiger partial charge is 0.464 e. The van der Waals surface area contributed by atoms with Crippen molar-refractivity contribution in [2.45, 2.75) is 13.0 Å². The molecule has 1 atom stereocenters. The number of aromatic nitrogens is 1. The second kappa shape index (κ2) is 3.62. The van der Waals surface area contributed by atoms with Crippen molar-refractivity contribution in [2.24, 2.45) is 12.8 Å². The van der Waals surface area contributed by atoms with Crippen molar-refractivity contribution >= 4 is 5.97 Å². The second-order valence-corrected chi connectivity index (χ2v) is 2.98. The predicted molar refractivity (Wildman–Crippen MR) is 49.4 cm³/mol. The van der Waals surface area contributed by atoms with Gasteiger partial charge in [-0.15, -0.1) is 0 Å². The Kier molecular flexibility index (Phi) is 2.72. The number of esters is 1. The molecule has 0 aromatic carbocycles. The van der Waals surface area contributed by atoms with E-state index in [4.69, 9.17) is 5.73 Å². The predicted octanol–water partition coefficient (Wildman–Crippen LogP) is 0.831. The topological polar surface area (TPSA) is 57.2 Å². The van der Waals surface area contributed by atoms with Crippen LogP contribution in [0.2, 0.25) is 0 Å². The van der Waals surface area contributed by atoms with Gasteiger partial charge in [-0.1, -0.05) is 0 Å². The van der Waals surface area contributed by atoms with Crippen LogP contribution in [0.4, 0.5) is 0 Å². The molecule has 0 saturated carbocycles. The molecule has 1 heterocycles. The maximum absolute atomic E-state index is 11.2. The molecule has 1 aromatic heterocycles. The fourth-order valence-electron chi connectivity index (χ4n) is 1.29. The summed E-state index contributed by atoms with van der Waals surface area (Å²) < 4.78 is 6.36. The van der Waals surface area contributed by atoms with E-state index in [1.54, 1.807) is 17.7 Å². The van der Waals surface area contributed by atoms with Gasteiger partial charge in [0.2, 0.25) is 0 Å². The van der Waals surface area contributed by atoms with E-state index < -0.39 is 0 Å². The van der Waals surface area contributed by atoms with Gasteiger partial charge in [0.05, 0.1) is 7.11 Å². The summed E-state index contributed by atoms with van der Waals surface area (Å²) in [6.45, 7) is 1.87. The number of rotatable bonds is 2. The fraction of sp³-hybridized carbons (Fsp3) is 0.444. The van der Waals surface area contributed by atoms with E-state index in [1.165, 1.54) is 7.11 Å². The van der Waals surface area contributed by atoms with Crippen LogP contribution in [0.5, 0.6) is 0 Å². The van der Waals surface area contributed by atoms with Crippen LogP contribution in [0.3, 0.4) is 0 Å². The first-order chi connectivity index (χ1) is 6.07. The number of hydrogen-bond donors (Lipinski definition) is 1. The van der Waals surface area contributed by atoms with Crippen molar-refractivity contribution < 1.29 is 9.53 Å². The molecule has 0 aliphatic carbocycles. The van der Waals surface area contributed by atoms with E-state index in [2.05, 4.69) is 4.74 Å². The van der Waals surface area contributed by atoms with Gasteiger partial charge in [-0.3, -0.25) is 0 Å². The fourth-order valence-corrected chi connectivity index (χ4v) is 1.29. The minimum absolute atomic E-state index is 0.0802. The van der Waals surface area contributed by atoms with Crippen molar-refractivity contribution in [1.29, 1.82) is 0 Å². The quantitative estimate of drug-likeness (QED) is 0.689. The van der Waals surface area contributed by atoms with Gasteiger partial charge in [0, 0.05) is 18.8 Å². The van der Waals surface area contributed by atoms with Gasteiger partial charge < -0.3 is 15.0 Å². The first kappa shape index (κ1) is 9.80. The first-order valence-electron chi connectivity index (χ1n) is 4.07. The van der Waals surface area contributed by atoms with Gasteiger partial charge in [-0.25, -0.2) is 4.79 Å². The smallest absolute Gasteiger partial charge is 0.354 e. The molecule has 0 saturated heterocycles. The highest BCUT2D eigenvalue weighted by atomic mass is 16.5. The molecule has 0 spiro atoms. The molecular weight excluding hydrogens is 168 g/mol. The van der Waals surface area contributed by atoms with Crippen LogP contribution >= 0.6 is 0 Å². The second-order valence-electron chi connectivity index (χ2n) is 2.98. The minimum Gasteiger partial charge on any atom is -0.464 e. The summed E-state index contributed by atoms with van der Waals surface area (Å²) in [6, 6.07) is 3.46. The summed E-state index contributed by atoms with van der Waals surface area (Å²) >= 11 is 0. The maximum Gasteiger partial charge on any atom is 0.354 e. The average Bonchev–Trinajstić information content (AvgIpc) is 2.46. The third kappa shape index (κ3) is 1.72. The van der Waals surface area contributed by atoms with Crippen LogP contribution in [-0.2, 0) is 11.8 Å². The number of carbonyl (C=O) groups excluding carboxylic acids is 1. The number of carbonyl (C=O) groups is 1. The zero-order valence-electron chi connectivity index (χ0n) is 8.07. The van der Waals surface area contributed by atoms with Crippen molar-refractivity contribution in [3.8, 4) is 0 Å². The molecule has 13 heavy (non-hydrogen) atoms. The van der Waals surface area contributed by atoms with E-state index in [0.717, 1.165) is 5.69 Å². The summed E-state index contributed by atoms with van der Waals surface area (Å²) in [4.78, 5) is 11.2. The first-order valence-corrected chi connectivity index (χ1v) is 4.07. The molecule has 4 nitrogen and oxygen atoms in total. The van der Waals surface area contributed by atoms with Gasteiger partial charge in [-0.05, 0) is 19.1 Å². The summed E-state index contributed by atoms with van der Waals surface area (Å²) in [5.41, 5.74) is 7.14. The number of hydrogen-bond acceptors (Lipinski definition) is 3. The maximum atomic E-state index is 11.2. The Bertz CT molecular complexity index is 315. The molecule has 1 aromatic rings. The highest BCUT2D eigenvalue weighted by Gasteiger charge is 2.13. The molecule has 72 valence electrons. The van der Waals surface area contributed by atoms with Crippen LogP contribution in [0, 0.1) is 0 Å². The van der Waals surface area contributed by atoms with Gasteiger partial charge in [-0.2, -0.15) is 0 Å². The van der Waals surface area contributed by atoms with E-state index in [-0.39, 0.29) is 12.0 Å². The van der Waals surface area contributed by atoms with Crippen LogP contribution in [0.1, 0.15) is 29.1 Å². The zero-order chi connectivity index (χ0) is 10.0. The highest BCUT2D eigenvalue weighted by molar-refractivity contribution is 5.87. The van der Waals surface area contributed by atoms with Gasteiger partial charge in [0.1, 0.15) is 5.69 Å². The molecule has 0 radical (unpaired) electrons. The van der Waals surface area contributed by atoms with Crippen LogP contribution in [-0.4, -0.2) is 17.6 Å². The molecule has 0 amide bonds. The lowest BCUT2D eigenvalue weighted by Gasteiger charge is -2.08. The van der Waals surface area contributed by atoms with Gasteiger partial charge in [0.25, 0.3) is 0 Å². The minimum atomic E-state index is -0.339. The molecule has 2 N–H and O–H groups in total. The van der Waals surface area contributed by atoms with E-state index in [1.807, 2.05) is 13.0 Å². The summed E-state index contributed by atoms with van der Waals surface area (Å²) in [6.07, 6.45) is 0. The van der Waals surface area contributed by atoms with Crippen molar-refractivity contribution in [3.63, 3.8) is 0 Å². The molecule has 0 bridgehead atoms. The Labute approximate surface area is 77.3 Å². The number of ether oxygens (including phenoxy) is 1. The SMILES string of the molecule is COC(=O)c1ccc([C@@H](C)N)n1C. The summed E-state index contributed by atoms with van der Waals surface area (Å²) in [5, 5.41) is 0. The standard InChI is InChI=1S/C9H14N2O2/c1-6(10)7-4-5-8(11(7)2)9(12)13-3/h4-6H,10H2,1-3H3/t6-/m1/s1. The number of nitrogens with two attached hydrogens (primary N) is 1. The monoisotopic (exact) mass is 182 g/mol. The van der Waals surface area contributed by atoms with E-state index in [0.29, 0.717) is 5.69 Å². The normalized spacial score (nSPS) is 12.6. The third-order valence-corrected chi connectivity index (χ3v) is 2.02. The summed E-state index contributed by atoms with van der Waals surface area (Å²) in [5.74, 6) is -0.339. The lowest BCUT2D eigenvalue weighted by molar-refractivity contribution is 0.0589. The van der Waals surface area contributed by atoms with Gasteiger partial charge >= 0.3 is 5.97 Å². The lowest BCUT2D eigenvalue weighted by Crippen LogP contribution is -2.14. The highest BCUT2D eigenvalue weighted by Crippen LogP contribution is 2.13. The van der Waals surface area contributed by atoms with Gasteiger partial charge in [0.15, 0.2) is 0 Å². The molecule has 0 fully saturated rings. The third-order valence-electron chi connectivity index (χ3n) is 2.02. The Hall–Kier alpha value is -1.29. The number of nitrogens with zero attached hydrogens (tertiary/aromatic N) is 1. The van der Waals surface area contributed by atoms with Crippen LogP contribution in [0.15, 0.2) is 12.1 Å². The Morgan fingerprint density at radius 1 is 1.62 bits per heavy atom. The van der Waals surface area contributed by atoms with E-state index in [9.17, 15) is 4.79 Å². The van der Waals surface area contributed by atoms with Crippen molar-refractivity contribution in [2.75, 3.05) is 7.11 Å². The Morgan fingerprint density at radius 3 is 2.62 bits per heavy atom. The Balaban J connectivity index is 3.06. The van der Waals surface area contributed by atoms with Crippen molar-refractivity contribution in [3.05, 3.63) is 23.5 Å². The van der Waals surface area contributed by atoms with Crippen LogP contribution < -0.4 is 5.73 Å². The summed E-state index contributed by atoms with van der Waals surface area (Å²) in [7, 11) is 3.16. The number of methoxy groups -OCH3 is 1. The molecule has 0 unspecified atom stereocenters. The zero-order valence-corrected chi connectivity index (χ0v) is 8.07. The molecule has 4 heteroatoms. The molecule has 0 aliphatic rings.